The van der Waals surface area contributed by atoms with Crippen molar-refractivity contribution in [3.8, 4) is 0 Å². The number of hydrogen-bond donors (Lipinski definition) is 2. The molecule has 2 amide bonds. The summed E-state index contributed by atoms with van der Waals surface area (Å²) in [4.78, 5) is 27.0. The highest BCUT2D eigenvalue weighted by atomic mass is 32.2. The van der Waals surface area contributed by atoms with Gasteiger partial charge in [-0.15, -0.1) is 0 Å². The molecule has 2 N–H and O–H groups in total. The second-order valence-electron chi connectivity index (χ2n) is 7.35. The summed E-state index contributed by atoms with van der Waals surface area (Å²) < 4.78 is 26.9. The first-order valence-corrected chi connectivity index (χ1v) is 11.8. The lowest BCUT2D eigenvalue weighted by atomic mass is 10.1. The van der Waals surface area contributed by atoms with Crippen LogP contribution in [-0.2, 0) is 19.6 Å². The van der Waals surface area contributed by atoms with Crippen LogP contribution in [0.25, 0.3) is 0 Å². The second-order valence-corrected chi connectivity index (χ2v) is 9.29. The van der Waals surface area contributed by atoms with Gasteiger partial charge in [-0.1, -0.05) is 32.0 Å². The molecule has 3 rings (SSSR count). The number of nitrogens with one attached hydrogen (secondary N) is 2. The van der Waals surface area contributed by atoms with Gasteiger partial charge in [-0.05, 0) is 37.3 Å². The minimum Gasteiger partial charge on any atom is -0.376 e. The van der Waals surface area contributed by atoms with E-state index in [0.717, 1.165) is 0 Å². The molecule has 0 saturated carbocycles. The SMILES string of the molecule is CCN(CC)S(=O)(=O)c1cccc(NCC(=O)N2c3ccccc3NC(=O)CC2C)c1. The molecule has 0 fully saturated rings. The Hall–Kier alpha value is -2.91. The molecule has 1 aliphatic heterocycles. The van der Waals surface area contributed by atoms with E-state index in [1.54, 1.807) is 55.1 Å². The molecule has 2 aromatic rings. The number of anilines is 3. The van der Waals surface area contributed by atoms with Crippen molar-refractivity contribution in [2.45, 2.75) is 38.1 Å². The van der Waals surface area contributed by atoms with E-state index in [4.69, 9.17) is 0 Å². The zero-order valence-corrected chi connectivity index (χ0v) is 18.8. The molecule has 8 nitrogen and oxygen atoms in total. The Morgan fingerprint density at radius 3 is 2.58 bits per heavy atom. The van der Waals surface area contributed by atoms with E-state index < -0.39 is 10.0 Å². The quantitative estimate of drug-likeness (QED) is 0.684. The normalized spacial score (nSPS) is 16.5. The highest BCUT2D eigenvalue weighted by Gasteiger charge is 2.29. The first kappa shape index (κ1) is 22.8. The van der Waals surface area contributed by atoms with Gasteiger partial charge in [0.25, 0.3) is 0 Å². The Kier molecular flexibility index (Phi) is 6.97. The van der Waals surface area contributed by atoms with Gasteiger partial charge < -0.3 is 15.5 Å². The molecule has 0 saturated heterocycles. The van der Waals surface area contributed by atoms with E-state index in [1.807, 2.05) is 13.0 Å². The molecule has 0 bridgehead atoms. The van der Waals surface area contributed by atoms with Gasteiger partial charge in [-0.3, -0.25) is 9.59 Å². The summed E-state index contributed by atoms with van der Waals surface area (Å²) in [6.45, 7) is 6.14. The highest BCUT2D eigenvalue weighted by molar-refractivity contribution is 7.89. The number of rotatable bonds is 7. The fourth-order valence-corrected chi connectivity index (χ4v) is 5.21. The number of carbonyl (C=O) groups is 2. The molecular weight excluding hydrogens is 416 g/mol. The zero-order chi connectivity index (χ0) is 22.6. The molecule has 1 aliphatic rings. The minimum atomic E-state index is -3.59. The van der Waals surface area contributed by atoms with Crippen LogP contribution in [0.15, 0.2) is 53.4 Å². The van der Waals surface area contributed by atoms with Gasteiger partial charge in [0, 0.05) is 31.2 Å². The number of hydrogen-bond acceptors (Lipinski definition) is 5. The molecule has 0 spiro atoms. The van der Waals surface area contributed by atoms with Crippen LogP contribution in [0.5, 0.6) is 0 Å². The Labute approximate surface area is 183 Å². The van der Waals surface area contributed by atoms with Crippen LogP contribution in [0.3, 0.4) is 0 Å². The smallest absolute Gasteiger partial charge is 0.246 e. The Morgan fingerprint density at radius 2 is 1.87 bits per heavy atom. The monoisotopic (exact) mass is 444 g/mol. The number of nitrogens with zero attached hydrogens (tertiary/aromatic N) is 2. The van der Waals surface area contributed by atoms with Crippen LogP contribution in [-0.4, -0.2) is 50.2 Å². The van der Waals surface area contributed by atoms with Gasteiger partial charge in [0.05, 0.1) is 22.8 Å². The topological polar surface area (TPSA) is 98.8 Å². The zero-order valence-electron chi connectivity index (χ0n) is 18.0. The second kappa shape index (κ2) is 9.49. The minimum absolute atomic E-state index is 0.0400. The van der Waals surface area contributed by atoms with Crippen LogP contribution in [0, 0.1) is 0 Å². The molecule has 2 aromatic carbocycles. The van der Waals surface area contributed by atoms with E-state index in [1.165, 1.54) is 10.4 Å². The maximum Gasteiger partial charge on any atom is 0.246 e. The molecule has 31 heavy (non-hydrogen) atoms. The van der Waals surface area contributed by atoms with Gasteiger partial charge in [-0.2, -0.15) is 4.31 Å². The van der Waals surface area contributed by atoms with Gasteiger partial charge in [0.2, 0.25) is 21.8 Å². The lowest BCUT2D eigenvalue weighted by molar-refractivity contribution is -0.118. The molecule has 0 radical (unpaired) electrons. The van der Waals surface area contributed by atoms with Gasteiger partial charge in [-0.25, -0.2) is 8.42 Å². The first-order valence-electron chi connectivity index (χ1n) is 10.3. The van der Waals surface area contributed by atoms with E-state index in [2.05, 4.69) is 10.6 Å². The number of sulfonamides is 1. The summed E-state index contributed by atoms with van der Waals surface area (Å²) in [6, 6.07) is 13.3. The summed E-state index contributed by atoms with van der Waals surface area (Å²) >= 11 is 0. The molecule has 1 unspecified atom stereocenters. The van der Waals surface area contributed by atoms with Crippen LogP contribution in [0.2, 0.25) is 0 Å². The number of benzene rings is 2. The van der Waals surface area contributed by atoms with Crippen molar-refractivity contribution in [3.63, 3.8) is 0 Å². The predicted octanol–water partition coefficient (Wildman–Crippen LogP) is 2.89. The largest absolute Gasteiger partial charge is 0.376 e. The summed E-state index contributed by atoms with van der Waals surface area (Å²) in [5, 5.41) is 5.87. The van der Waals surface area contributed by atoms with Gasteiger partial charge in [0.1, 0.15) is 0 Å². The van der Waals surface area contributed by atoms with Crippen molar-refractivity contribution in [3.05, 3.63) is 48.5 Å². The third-order valence-corrected chi connectivity index (χ3v) is 7.29. The number of fused-ring (bicyclic) bond motifs is 1. The Bertz CT molecular complexity index is 1070. The number of carbonyl (C=O) groups excluding carboxylic acids is 2. The first-order chi connectivity index (χ1) is 14.8. The lowest BCUT2D eigenvalue weighted by Crippen LogP contribution is -2.42. The summed E-state index contributed by atoms with van der Waals surface area (Å²) in [5.41, 5.74) is 1.77. The molecule has 1 atom stereocenters. The maximum atomic E-state index is 13.1. The standard InChI is InChI=1S/C22H28N4O4S/c1-4-25(5-2)31(29,30)18-10-8-9-17(14-18)23-15-22(28)26-16(3)13-21(27)24-19-11-6-7-12-20(19)26/h6-12,14,16,23H,4-5,13,15H2,1-3H3,(H,24,27). The molecule has 1 heterocycles. The van der Waals surface area contributed by atoms with Gasteiger partial charge >= 0.3 is 0 Å². The van der Waals surface area contributed by atoms with Crippen molar-refractivity contribution >= 4 is 38.9 Å². The highest BCUT2D eigenvalue weighted by Crippen LogP contribution is 2.31. The van der Waals surface area contributed by atoms with Gasteiger partial charge in [0.15, 0.2) is 0 Å². The van der Waals surface area contributed by atoms with E-state index in [9.17, 15) is 18.0 Å². The van der Waals surface area contributed by atoms with Crippen molar-refractivity contribution in [2.75, 3.05) is 35.2 Å². The average molecular weight is 445 g/mol. The third kappa shape index (κ3) is 4.88. The predicted molar refractivity (Wildman–Crippen MR) is 122 cm³/mol. The Balaban J connectivity index is 1.79. The summed E-state index contributed by atoms with van der Waals surface area (Å²) in [6.07, 6.45) is 0.192. The molecular formula is C22H28N4O4S. The lowest BCUT2D eigenvalue weighted by Gasteiger charge is -2.28. The van der Waals surface area contributed by atoms with Crippen molar-refractivity contribution in [1.82, 2.24) is 4.31 Å². The van der Waals surface area contributed by atoms with E-state index in [0.29, 0.717) is 30.2 Å². The molecule has 166 valence electrons. The van der Waals surface area contributed by atoms with Crippen LogP contribution < -0.4 is 15.5 Å². The van der Waals surface area contributed by atoms with Crippen LogP contribution >= 0.6 is 0 Å². The van der Waals surface area contributed by atoms with Crippen molar-refractivity contribution in [2.24, 2.45) is 0 Å². The molecule has 9 heteroatoms. The van der Waals surface area contributed by atoms with Crippen LogP contribution in [0.4, 0.5) is 17.1 Å². The molecule has 0 aliphatic carbocycles. The Morgan fingerprint density at radius 1 is 1.16 bits per heavy atom. The summed E-state index contributed by atoms with van der Waals surface area (Å²) in [7, 11) is -3.59. The average Bonchev–Trinajstić information content (AvgIpc) is 2.87. The van der Waals surface area contributed by atoms with Crippen molar-refractivity contribution < 1.29 is 18.0 Å². The third-order valence-electron chi connectivity index (χ3n) is 5.25. The fraction of sp³-hybridized carbons (Fsp3) is 0.364. The maximum absolute atomic E-state index is 13.1. The van der Waals surface area contributed by atoms with Crippen LogP contribution in [0.1, 0.15) is 27.2 Å². The van der Waals surface area contributed by atoms with E-state index in [-0.39, 0.29) is 35.7 Å². The number of para-hydroxylation sites is 2. The fourth-order valence-electron chi connectivity index (χ4n) is 3.71. The number of amides is 2. The van der Waals surface area contributed by atoms with Crippen molar-refractivity contribution in [1.29, 1.82) is 0 Å². The summed E-state index contributed by atoms with van der Waals surface area (Å²) in [5.74, 6) is -0.356. The molecule has 0 aromatic heterocycles. The van der Waals surface area contributed by atoms with E-state index >= 15 is 0 Å².